The number of hydrogen-bond donors (Lipinski definition) is 3. The summed E-state index contributed by atoms with van der Waals surface area (Å²) < 4.78 is 0.860. The zero-order chi connectivity index (χ0) is 24.3. The Balaban J connectivity index is 2.19. The fourth-order valence-corrected chi connectivity index (χ4v) is 3.36. The van der Waals surface area contributed by atoms with Crippen molar-refractivity contribution in [1.82, 2.24) is 4.57 Å². The molecule has 3 rings (SSSR count). The third kappa shape index (κ3) is 4.71. The second kappa shape index (κ2) is 9.30. The molecule has 0 aliphatic heterocycles. The molecule has 0 bridgehead atoms. The summed E-state index contributed by atoms with van der Waals surface area (Å²) in [6, 6.07) is 13.1. The molecule has 0 aliphatic carbocycles. The van der Waals surface area contributed by atoms with E-state index in [1.807, 2.05) is 43.3 Å². The highest BCUT2D eigenvalue weighted by Crippen LogP contribution is 2.25. The summed E-state index contributed by atoms with van der Waals surface area (Å²) >= 11 is 0. The van der Waals surface area contributed by atoms with E-state index >= 15 is 0 Å². The highest BCUT2D eigenvalue weighted by Gasteiger charge is 2.22. The zero-order valence-corrected chi connectivity index (χ0v) is 18.4. The summed E-state index contributed by atoms with van der Waals surface area (Å²) in [5, 5.41) is 19.9. The van der Waals surface area contributed by atoms with E-state index in [0.717, 1.165) is 15.8 Å². The minimum Gasteiger partial charge on any atom is -0.494 e. The molecular formula is C25H23N3O5. The van der Waals surface area contributed by atoms with E-state index in [-0.39, 0.29) is 27.9 Å². The van der Waals surface area contributed by atoms with Gasteiger partial charge >= 0.3 is 5.97 Å². The summed E-state index contributed by atoms with van der Waals surface area (Å²) in [5.41, 5.74) is 9.66. The van der Waals surface area contributed by atoms with E-state index in [2.05, 4.69) is 5.73 Å². The van der Waals surface area contributed by atoms with Gasteiger partial charge in [-0.3, -0.25) is 9.59 Å². The molecular weight excluding hydrogens is 422 g/mol. The fraction of sp³-hybridized carbons (Fsp3) is 0.120. The molecule has 33 heavy (non-hydrogen) atoms. The van der Waals surface area contributed by atoms with Crippen LogP contribution in [0.15, 0.2) is 59.1 Å². The number of nitrogens with zero attached hydrogens (tertiary/aromatic N) is 2. The quantitative estimate of drug-likeness (QED) is 0.501. The van der Waals surface area contributed by atoms with Gasteiger partial charge in [-0.25, -0.2) is 9.36 Å². The number of hydrogen-bond acceptors (Lipinski definition) is 5. The summed E-state index contributed by atoms with van der Waals surface area (Å²) in [7, 11) is 3.87. The van der Waals surface area contributed by atoms with Crippen LogP contribution in [0.25, 0.3) is 17.8 Å². The lowest BCUT2D eigenvalue weighted by Crippen LogP contribution is -2.27. The summed E-state index contributed by atoms with van der Waals surface area (Å²) in [5.74, 6) is -2.78. The van der Waals surface area contributed by atoms with Crippen LogP contribution in [0.3, 0.4) is 0 Å². The number of primary amides is 1. The Labute approximate surface area is 190 Å². The molecule has 1 amide bonds. The van der Waals surface area contributed by atoms with Crippen molar-refractivity contribution in [2.75, 3.05) is 19.0 Å². The molecule has 0 unspecified atom stereocenters. The van der Waals surface area contributed by atoms with Crippen LogP contribution < -0.4 is 16.2 Å². The molecule has 0 saturated carbocycles. The smallest absolute Gasteiger partial charge is 0.335 e. The van der Waals surface area contributed by atoms with Crippen molar-refractivity contribution < 1.29 is 19.8 Å². The molecule has 1 heterocycles. The van der Waals surface area contributed by atoms with Crippen molar-refractivity contribution in [2.24, 2.45) is 5.73 Å². The first-order valence-corrected chi connectivity index (χ1v) is 9.93. The Morgan fingerprint density at radius 2 is 1.76 bits per heavy atom. The SMILES string of the molecule is Cc1c(C(N)=O)c(O)n(-c2cccc(C(=O)O)c2)c(=O)c1C=C=Cc1ccc(N(C)C)cc1. The van der Waals surface area contributed by atoms with E-state index in [0.29, 0.717) is 0 Å². The maximum Gasteiger partial charge on any atom is 0.335 e. The number of amides is 1. The third-order valence-corrected chi connectivity index (χ3v) is 5.13. The first-order chi connectivity index (χ1) is 15.6. The van der Waals surface area contributed by atoms with Gasteiger partial charge in [0.15, 0.2) is 0 Å². The van der Waals surface area contributed by atoms with Crippen molar-refractivity contribution in [3.63, 3.8) is 0 Å². The van der Waals surface area contributed by atoms with Crippen LogP contribution in [-0.2, 0) is 0 Å². The lowest BCUT2D eigenvalue weighted by Gasteiger charge is -2.15. The number of benzene rings is 2. The second-order valence-electron chi connectivity index (χ2n) is 7.54. The van der Waals surface area contributed by atoms with E-state index in [1.54, 1.807) is 6.08 Å². The summed E-state index contributed by atoms with van der Waals surface area (Å²) in [6.45, 7) is 1.50. The Hall–Kier alpha value is -4.55. The number of aromatic hydroxyl groups is 1. The Bertz CT molecular complexity index is 1360. The van der Waals surface area contributed by atoms with Gasteiger partial charge in [-0.05, 0) is 60.5 Å². The monoisotopic (exact) mass is 445 g/mol. The van der Waals surface area contributed by atoms with Crippen LogP contribution in [0.2, 0.25) is 0 Å². The molecule has 3 aromatic rings. The van der Waals surface area contributed by atoms with Crippen LogP contribution in [0, 0.1) is 6.92 Å². The van der Waals surface area contributed by atoms with Gasteiger partial charge in [0.05, 0.1) is 16.8 Å². The van der Waals surface area contributed by atoms with Gasteiger partial charge in [0.2, 0.25) is 5.88 Å². The average Bonchev–Trinajstić information content (AvgIpc) is 2.76. The number of nitrogens with two attached hydrogens (primary N) is 1. The molecule has 168 valence electrons. The van der Waals surface area contributed by atoms with Crippen LogP contribution >= 0.6 is 0 Å². The normalized spacial score (nSPS) is 10.3. The molecule has 8 nitrogen and oxygen atoms in total. The Kier molecular flexibility index (Phi) is 6.51. The van der Waals surface area contributed by atoms with E-state index in [9.17, 15) is 24.6 Å². The maximum absolute atomic E-state index is 13.2. The first kappa shape index (κ1) is 23.1. The third-order valence-electron chi connectivity index (χ3n) is 5.13. The number of carboxylic acids is 1. The number of carbonyl (C=O) groups is 2. The number of carbonyl (C=O) groups excluding carboxylic acids is 1. The van der Waals surface area contributed by atoms with Gasteiger partial charge in [-0.1, -0.05) is 18.2 Å². The highest BCUT2D eigenvalue weighted by atomic mass is 16.4. The van der Waals surface area contributed by atoms with Crippen LogP contribution in [-0.4, -0.2) is 40.8 Å². The first-order valence-electron chi connectivity index (χ1n) is 9.93. The maximum atomic E-state index is 13.2. The van der Waals surface area contributed by atoms with Crippen molar-refractivity contribution in [3.8, 4) is 11.6 Å². The molecule has 1 aromatic heterocycles. The van der Waals surface area contributed by atoms with Crippen LogP contribution in [0.4, 0.5) is 5.69 Å². The number of carboxylic acid groups (broad SMARTS) is 1. The number of aromatic carboxylic acids is 1. The lowest BCUT2D eigenvalue weighted by molar-refractivity contribution is 0.0696. The highest BCUT2D eigenvalue weighted by molar-refractivity contribution is 5.97. The van der Waals surface area contributed by atoms with E-state index in [1.165, 1.54) is 37.3 Å². The number of rotatable bonds is 6. The average molecular weight is 445 g/mol. The van der Waals surface area contributed by atoms with Gasteiger partial charge in [0, 0.05) is 19.8 Å². The van der Waals surface area contributed by atoms with Crippen LogP contribution in [0.5, 0.6) is 5.88 Å². The van der Waals surface area contributed by atoms with Gasteiger partial charge < -0.3 is 20.8 Å². The molecule has 4 N–H and O–H groups in total. The van der Waals surface area contributed by atoms with Crippen molar-refractivity contribution >= 4 is 29.7 Å². The molecule has 0 radical (unpaired) electrons. The topological polar surface area (TPSA) is 126 Å². The molecule has 0 spiro atoms. The van der Waals surface area contributed by atoms with Crippen molar-refractivity contribution in [3.05, 3.63) is 92.4 Å². The largest absolute Gasteiger partial charge is 0.494 e. The van der Waals surface area contributed by atoms with Gasteiger partial charge in [-0.2, -0.15) is 0 Å². The molecule has 0 aliphatic rings. The molecule has 0 saturated heterocycles. The van der Waals surface area contributed by atoms with E-state index < -0.39 is 23.3 Å². The van der Waals surface area contributed by atoms with Gasteiger partial charge in [-0.15, -0.1) is 5.73 Å². The standard InChI is InChI=1S/C25H23N3O5/c1-15-20(9-4-6-16-10-12-18(13-11-16)27(2)3)23(30)28(24(31)21(15)22(26)29)19-8-5-7-17(14-19)25(32)33/h5-14,31H,1-3H3,(H2,26,29)(H,32,33). The van der Waals surface area contributed by atoms with Crippen molar-refractivity contribution in [2.45, 2.75) is 6.92 Å². The Morgan fingerprint density at radius 3 is 2.33 bits per heavy atom. The number of anilines is 1. The second-order valence-corrected chi connectivity index (χ2v) is 7.54. The van der Waals surface area contributed by atoms with Gasteiger partial charge in [0.25, 0.3) is 11.5 Å². The molecule has 0 atom stereocenters. The predicted octanol–water partition coefficient (Wildman–Crippen LogP) is 3.04. The van der Waals surface area contributed by atoms with Crippen LogP contribution in [0.1, 0.15) is 37.4 Å². The zero-order valence-electron chi connectivity index (χ0n) is 18.4. The summed E-state index contributed by atoms with van der Waals surface area (Å²) in [4.78, 5) is 38.6. The van der Waals surface area contributed by atoms with E-state index in [4.69, 9.17) is 5.73 Å². The minimum atomic E-state index is -1.20. The lowest BCUT2D eigenvalue weighted by atomic mass is 10.0. The Morgan fingerprint density at radius 1 is 1.09 bits per heavy atom. The predicted molar refractivity (Wildman–Crippen MR) is 127 cm³/mol. The minimum absolute atomic E-state index is 0.0813. The number of aromatic nitrogens is 1. The fourth-order valence-electron chi connectivity index (χ4n) is 3.36. The summed E-state index contributed by atoms with van der Waals surface area (Å²) in [6.07, 6.45) is 3.07. The molecule has 0 fully saturated rings. The number of pyridine rings is 1. The van der Waals surface area contributed by atoms with Gasteiger partial charge in [0.1, 0.15) is 5.56 Å². The molecule has 8 heteroatoms. The molecule has 2 aromatic carbocycles. The van der Waals surface area contributed by atoms with Crippen molar-refractivity contribution in [1.29, 1.82) is 0 Å².